The second kappa shape index (κ2) is 12.9. The van der Waals surface area contributed by atoms with Crippen LogP contribution in [-0.4, -0.2) is 62.3 Å². The second-order valence-electron chi connectivity index (χ2n) is 20.9. The molecule has 2 aromatic heterocycles. The number of pyridine rings is 1. The molecular weight excluding hydrogens is 682 g/mol. The quantitative estimate of drug-likeness (QED) is 0.257. The molecule has 0 spiro atoms. The number of nitrogens with zero attached hydrogens (tertiary/aromatic N) is 4. The number of carboxylic acids is 1. The minimum atomic E-state index is -0.655. The van der Waals surface area contributed by atoms with Crippen LogP contribution < -0.4 is 5.73 Å². The van der Waals surface area contributed by atoms with E-state index in [2.05, 4.69) is 92.2 Å². The summed E-state index contributed by atoms with van der Waals surface area (Å²) in [5.41, 5.74) is 6.27. The molecule has 7 rings (SSSR count). The van der Waals surface area contributed by atoms with E-state index in [0.29, 0.717) is 43.5 Å². The first-order valence-corrected chi connectivity index (χ1v) is 20.5. The van der Waals surface area contributed by atoms with Gasteiger partial charge in [0, 0.05) is 22.6 Å². The normalized spacial score (nSPS) is 40.9. The number of carboxylic acid groups (broad SMARTS) is 1. The SMILES string of the molecule is CC(C)[C@@H](C)[C@@]1(C)CC[C@]2(C)[C@H]3CC[C@@H]4C5(COC[C@]4(C)[C@@H](OC[C@](C)(N)C(C)(C)C)[C@H](n4ncnc4-c4ccncc4F)C5)C3=CC[C@@]2(C)[C@@H]1C(=O)O. The van der Waals surface area contributed by atoms with Crippen molar-refractivity contribution in [2.45, 2.75) is 132 Å². The third-order valence-electron chi connectivity index (χ3n) is 17.3. The molecule has 54 heavy (non-hydrogen) atoms. The zero-order valence-electron chi connectivity index (χ0n) is 34.7. The Hall–Kier alpha value is -2.69. The number of halogens is 1. The van der Waals surface area contributed by atoms with Crippen LogP contribution in [0.15, 0.2) is 36.4 Å². The van der Waals surface area contributed by atoms with E-state index in [9.17, 15) is 9.90 Å². The summed E-state index contributed by atoms with van der Waals surface area (Å²) in [5, 5.41) is 16.0. The number of allylic oxidation sites excluding steroid dienone is 1. The van der Waals surface area contributed by atoms with Crippen molar-refractivity contribution in [1.82, 2.24) is 19.7 Å². The molecular formula is C44H66FN5O4. The van der Waals surface area contributed by atoms with Crippen LogP contribution in [0.2, 0.25) is 0 Å². The summed E-state index contributed by atoms with van der Waals surface area (Å²) in [5.74, 6) is 0.0520. The van der Waals surface area contributed by atoms with Gasteiger partial charge in [0.05, 0.1) is 49.6 Å². The van der Waals surface area contributed by atoms with E-state index in [1.54, 1.807) is 12.3 Å². The monoisotopic (exact) mass is 748 g/mol. The number of hydrogen-bond acceptors (Lipinski definition) is 7. The van der Waals surface area contributed by atoms with E-state index in [4.69, 9.17) is 20.3 Å². The van der Waals surface area contributed by atoms with E-state index >= 15 is 4.39 Å². The first-order valence-electron chi connectivity index (χ1n) is 20.5. The maximum Gasteiger partial charge on any atom is 0.307 e. The Labute approximate surface area is 322 Å². The fraction of sp³-hybridized carbons (Fsp3) is 0.773. The number of ether oxygens (including phenoxy) is 2. The summed E-state index contributed by atoms with van der Waals surface area (Å²) in [6, 6.07) is 1.38. The maximum absolute atomic E-state index is 15.4. The van der Waals surface area contributed by atoms with Crippen molar-refractivity contribution in [1.29, 1.82) is 0 Å². The Balaban J connectivity index is 1.36. The molecule has 0 amide bonds. The number of aromatic nitrogens is 4. The zero-order valence-corrected chi connectivity index (χ0v) is 34.7. The zero-order chi connectivity index (χ0) is 39.4. The van der Waals surface area contributed by atoms with Crippen LogP contribution in [0.4, 0.5) is 4.39 Å². The van der Waals surface area contributed by atoms with Gasteiger partial charge in [-0.1, -0.05) is 80.9 Å². The van der Waals surface area contributed by atoms with Gasteiger partial charge in [-0.2, -0.15) is 5.10 Å². The van der Waals surface area contributed by atoms with Crippen molar-refractivity contribution in [3.8, 4) is 11.4 Å². The van der Waals surface area contributed by atoms with Crippen LogP contribution in [0.5, 0.6) is 0 Å². The van der Waals surface area contributed by atoms with Crippen LogP contribution >= 0.6 is 0 Å². The van der Waals surface area contributed by atoms with Crippen molar-refractivity contribution in [2.75, 3.05) is 19.8 Å². The molecule has 298 valence electrons. The van der Waals surface area contributed by atoms with Crippen LogP contribution in [0.25, 0.3) is 11.4 Å². The second-order valence-corrected chi connectivity index (χ2v) is 20.9. The average Bonchev–Trinajstić information content (AvgIpc) is 3.56. The van der Waals surface area contributed by atoms with Gasteiger partial charge >= 0.3 is 5.97 Å². The Morgan fingerprint density at radius 2 is 1.83 bits per heavy atom. The topological polar surface area (TPSA) is 125 Å². The van der Waals surface area contributed by atoms with Crippen molar-refractivity contribution in [3.05, 3.63) is 42.3 Å². The van der Waals surface area contributed by atoms with Gasteiger partial charge in [-0.15, -0.1) is 0 Å². The molecule has 4 fully saturated rings. The molecule has 3 saturated carbocycles. The maximum atomic E-state index is 15.4. The number of aliphatic carboxylic acids is 1. The number of fused-ring (bicyclic) bond motifs is 3. The summed E-state index contributed by atoms with van der Waals surface area (Å²) < 4.78 is 31.3. The van der Waals surface area contributed by atoms with Gasteiger partial charge in [-0.3, -0.25) is 9.78 Å². The predicted molar refractivity (Wildman–Crippen MR) is 208 cm³/mol. The summed E-state index contributed by atoms with van der Waals surface area (Å²) in [7, 11) is 0. The molecule has 1 saturated heterocycles. The lowest BCUT2D eigenvalue weighted by Gasteiger charge is -2.71. The molecule has 2 aromatic rings. The molecule has 9 nitrogen and oxygen atoms in total. The lowest BCUT2D eigenvalue weighted by Crippen LogP contribution is -2.69. The standard InChI is InChI=1S/C44H66FN5O4/c1-26(2)27(3)39(7)17-18-41(9)29-12-13-33-40(8)22-53-24-44(33,30(29)14-16-42(41,10)34(39)37(51)52)20-32(35(40)54-23-43(11,46)38(4,5)6)50-36(48-25-49-50)28-15-19-47-21-31(28)45/h14-15,19,21,25-27,29,32-35H,12-13,16-18,20,22-24,46H2,1-11H3,(H,51,52)/t27-,29+,32-,33+,34-,35+,39-,40+,41-,42+,43+,44?/m1/s1. The highest BCUT2D eigenvalue weighted by Gasteiger charge is 2.72. The number of rotatable bonds is 8. The average molecular weight is 748 g/mol. The van der Waals surface area contributed by atoms with Crippen molar-refractivity contribution >= 4 is 5.97 Å². The van der Waals surface area contributed by atoms with Crippen LogP contribution in [0, 0.1) is 67.9 Å². The van der Waals surface area contributed by atoms with Crippen molar-refractivity contribution < 1.29 is 23.8 Å². The lowest BCUT2D eigenvalue weighted by molar-refractivity contribution is -0.253. The molecule has 0 radical (unpaired) electrons. The molecule has 0 aromatic carbocycles. The highest BCUT2D eigenvalue weighted by molar-refractivity contribution is 5.73. The van der Waals surface area contributed by atoms with Gasteiger partial charge < -0.3 is 20.3 Å². The molecule has 1 unspecified atom stereocenters. The van der Waals surface area contributed by atoms with Crippen molar-refractivity contribution in [2.24, 2.45) is 67.8 Å². The molecule has 3 N–H and O–H groups in total. The first-order chi connectivity index (χ1) is 25.1. The van der Waals surface area contributed by atoms with E-state index in [1.165, 1.54) is 18.1 Å². The Kier molecular flexibility index (Phi) is 9.46. The van der Waals surface area contributed by atoms with Gasteiger partial charge in [0.25, 0.3) is 0 Å². The van der Waals surface area contributed by atoms with E-state index in [0.717, 1.165) is 32.1 Å². The van der Waals surface area contributed by atoms with Gasteiger partial charge in [0.15, 0.2) is 11.6 Å². The fourth-order valence-corrected chi connectivity index (χ4v) is 12.8. The Morgan fingerprint density at radius 1 is 1.11 bits per heavy atom. The number of carbonyl (C=O) groups is 1. The van der Waals surface area contributed by atoms with Crippen LogP contribution in [0.1, 0.15) is 121 Å². The number of nitrogens with two attached hydrogens (primary N) is 1. The van der Waals surface area contributed by atoms with E-state index < -0.39 is 34.1 Å². The molecule has 10 heteroatoms. The van der Waals surface area contributed by atoms with Gasteiger partial charge in [0.2, 0.25) is 0 Å². The Bertz CT molecular complexity index is 1800. The van der Waals surface area contributed by atoms with Gasteiger partial charge in [-0.05, 0) is 96.8 Å². The molecule has 1 aliphatic heterocycles. The first kappa shape index (κ1) is 39.5. The third-order valence-corrected chi connectivity index (χ3v) is 17.3. The molecule has 5 aliphatic rings. The van der Waals surface area contributed by atoms with Crippen molar-refractivity contribution in [3.63, 3.8) is 0 Å². The summed E-state index contributed by atoms with van der Waals surface area (Å²) in [4.78, 5) is 22.2. The lowest BCUT2D eigenvalue weighted by atomic mass is 9.34. The summed E-state index contributed by atoms with van der Waals surface area (Å²) in [6.07, 6.45) is 11.8. The largest absolute Gasteiger partial charge is 0.481 e. The predicted octanol–water partition coefficient (Wildman–Crippen LogP) is 8.76. The molecule has 2 bridgehead atoms. The minimum Gasteiger partial charge on any atom is -0.481 e. The molecule has 3 heterocycles. The fourth-order valence-electron chi connectivity index (χ4n) is 12.8. The summed E-state index contributed by atoms with van der Waals surface area (Å²) >= 11 is 0. The highest BCUT2D eigenvalue weighted by Crippen LogP contribution is 2.75. The third kappa shape index (κ3) is 5.45. The van der Waals surface area contributed by atoms with Gasteiger partial charge in [0.1, 0.15) is 6.33 Å². The molecule has 12 atom stereocenters. The van der Waals surface area contributed by atoms with Gasteiger partial charge in [-0.25, -0.2) is 14.1 Å². The number of hydrogen-bond donors (Lipinski definition) is 2. The Morgan fingerprint density at radius 3 is 2.48 bits per heavy atom. The van der Waals surface area contributed by atoms with E-state index in [1.807, 2.05) is 4.68 Å². The smallest absolute Gasteiger partial charge is 0.307 e. The highest BCUT2D eigenvalue weighted by atomic mass is 19.1. The van der Waals surface area contributed by atoms with E-state index in [-0.39, 0.29) is 51.6 Å². The van der Waals surface area contributed by atoms with Crippen LogP contribution in [-0.2, 0) is 14.3 Å². The molecule has 4 aliphatic carbocycles. The summed E-state index contributed by atoms with van der Waals surface area (Å²) in [6.45, 7) is 26.0. The minimum absolute atomic E-state index is 0.209. The van der Waals surface area contributed by atoms with Crippen LogP contribution in [0.3, 0.4) is 0 Å².